The number of aromatic nitrogens is 2. The summed E-state index contributed by atoms with van der Waals surface area (Å²) in [5.74, 6) is 0. The van der Waals surface area contributed by atoms with Gasteiger partial charge in [0.1, 0.15) is 5.51 Å². The Morgan fingerprint density at radius 1 is 1.53 bits per heavy atom. The van der Waals surface area contributed by atoms with Gasteiger partial charge in [-0.25, -0.2) is 0 Å². The van der Waals surface area contributed by atoms with Crippen LogP contribution in [0.3, 0.4) is 0 Å². The zero-order valence-corrected chi connectivity index (χ0v) is 11.6. The standard InChI is InChI=1S/C11H12ClN3S2/c1-7(13)4-8-2-3-9(5-10(8)12)17-11-15-14-6-16-11/h2-3,5-7H,4,13H2,1H3. The van der Waals surface area contributed by atoms with Gasteiger partial charge in [0.2, 0.25) is 0 Å². The molecule has 0 aliphatic heterocycles. The van der Waals surface area contributed by atoms with E-state index in [9.17, 15) is 0 Å². The van der Waals surface area contributed by atoms with Crippen LogP contribution < -0.4 is 5.73 Å². The van der Waals surface area contributed by atoms with Crippen LogP contribution >= 0.6 is 34.7 Å². The molecule has 0 spiro atoms. The predicted octanol–water partition coefficient (Wildman–Crippen LogP) is 3.23. The van der Waals surface area contributed by atoms with E-state index in [1.54, 1.807) is 17.3 Å². The minimum absolute atomic E-state index is 0.120. The number of nitrogens with two attached hydrogens (primary N) is 1. The van der Waals surface area contributed by atoms with Gasteiger partial charge in [0.25, 0.3) is 0 Å². The monoisotopic (exact) mass is 285 g/mol. The number of nitrogens with zero attached hydrogens (tertiary/aromatic N) is 2. The van der Waals surface area contributed by atoms with Gasteiger partial charge in [-0.1, -0.05) is 40.8 Å². The summed E-state index contributed by atoms with van der Waals surface area (Å²) in [6, 6.07) is 6.13. The molecule has 0 amide bonds. The molecule has 1 atom stereocenters. The van der Waals surface area contributed by atoms with Gasteiger partial charge >= 0.3 is 0 Å². The molecule has 6 heteroatoms. The van der Waals surface area contributed by atoms with Crippen molar-refractivity contribution in [3.8, 4) is 0 Å². The lowest BCUT2D eigenvalue weighted by molar-refractivity contribution is 0.738. The topological polar surface area (TPSA) is 51.8 Å². The highest BCUT2D eigenvalue weighted by atomic mass is 35.5. The van der Waals surface area contributed by atoms with Gasteiger partial charge in [0.15, 0.2) is 4.34 Å². The number of benzene rings is 1. The Hall–Kier alpha value is -0.620. The number of halogens is 1. The summed E-state index contributed by atoms with van der Waals surface area (Å²) in [6.07, 6.45) is 0.794. The fourth-order valence-electron chi connectivity index (χ4n) is 1.41. The van der Waals surface area contributed by atoms with Crippen molar-refractivity contribution >= 4 is 34.7 Å². The molecule has 1 aromatic heterocycles. The van der Waals surface area contributed by atoms with Gasteiger partial charge in [0, 0.05) is 16.0 Å². The van der Waals surface area contributed by atoms with Crippen molar-refractivity contribution in [2.45, 2.75) is 28.6 Å². The molecule has 2 aromatic rings. The lowest BCUT2D eigenvalue weighted by Gasteiger charge is -2.08. The Kier molecular flexibility index (Phi) is 4.39. The fourth-order valence-corrected chi connectivity index (χ4v) is 3.23. The Labute approximate surface area is 113 Å². The first kappa shape index (κ1) is 12.8. The molecule has 1 heterocycles. The van der Waals surface area contributed by atoms with Crippen molar-refractivity contribution in [1.82, 2.24) is 10.2 Å². The zero-order valence-electron chi connectivity index (χ0n) is 9.26. The highest BCUT2D eigenvalue weighted by Gasteiger charge is 2.06. The molecule has 0 aliphatic carbocycles. The van der Waals surface area contributed by atoms with E-state index >= 15 is 0 Å². The Morgan fingerprint density at radius 2 is 2.35 bits per heavy atom. The maximum Gasteiger partial charge on any atom is 0.178 e. The van der Waals surface area contributed by atoms with Gasteiger partial charge in [0.05, 0.1) is 0 Å². The van der Waals surface area contributed by atoms with Crippen molar-refractivity contribution in [2.24, 2.45) is 5.73 Å². The van der Waals surface area contributed by atoms with E-state index < -0.39 is 0 Å². The molecule has 17 heavy (non-hydrogen) atoms. The van der Waals surface area contributed by atoms with Crippen molar-refractivity contribution in [3.63, 3.8) is 0 Å². The highest BCUT2D eigenvalue weighted by molar-refractivity contribution is 8.01. The first-order chi connectivity index (χ1) is 8.15. The SMILES string of the molecule is CC(N)Cc1ccc(Sc2nncs2)cc1Cl. The van der Waals surface area contributed by atoms with Crippen LogP contribution in [0.25, 0.3) is 0 Å². The molecule has 0 bridgehead atoms. The minimum atomic E-state index is 0.120. The molecule has 2 N–H and O–H groups in total. The van der Waals surface area contributed by atoms with E-state index in [4.69, 9.17) is 17.3 Å². The van der Waals surface area contributed by atoms with Crippen LogP contribution in [0, 0.1) is 0 Å². The molecule has 0 radical (unpaired) electrons. The first-order valence-electron chi connectivity index (χ1n) is 5.13. The van der Waals surface area contributed by atoms with E-state index in [2.05, 4.69) is 10.2 Å². The zero-order chi connectivity index (χ0) is 12.3. The Bertz CT molecular complexity index is 485. The summed E-state index contributed by atoms with van der Waals surface area (Å²) in [6.45, 7) is 1.97. The van der Waals surface area contributed by atoms with Crippen LogP contribution in [0.2, 0.25) is 5.02 Å². The summed E-state index contributed by atoms with van der Waals surface area (Å²) in [5.41, 5.74) is 8.56. The maximum absolute atomic E-state index is 6.21. The van der Waals surface area contributed by atoms with E-state index in [1.165, 1.54) is 11.3 Å². The minimum Gasteiger partial charge on any atom is -0.328 e. The van der Waals surface area contributed by atoms with E-state index in [0.29, 0.717) is 0 Å². The summed E-state index contributed by atoms with van der Waals surface area (Å²) in [5, 5.41) is 8.54. The van der Waals surface area contributed by atoms with E-state index in [0.717, 1.165) is 26.2 Å². The van der Waals surface area contributed by atoms with Crippen molar-refractivity contribution in [2.75, 3.05) is 0 Å². The summed E-state index contributed by atoms with van der Waals surface area (Å²) in [4.78, 5) is 1.07. The van der Waals surface area contributed by atoms with Gasteiger partial charge < -0.3 is 5.73 Å². The number of hydrogen-bond acceptors (Lipinski definition) is 5. The number of rotatable bonds is 4. The lowest BCUT2D eigenvalue weighted by Crippen LogP contribution is -2.17. The van der Waals surface area contributed by atoms with Crippen molar-refractivity contribution in [3.05, 3.63) is 34.3 Å². The van der Waals surface area contributed by atoms with Crippen molar-refractivity contribution in [1.29, 1.82) is 0 Å². The Morgan fingerprint density at radius 3 is 2.94 bits per heavy atom. The Balaban J connectivity index is 2.13. The largest absolute Gasteiger partial charge is 0.328 e. The van der Waals surface area contributed by atoms with Gasteiger partial charge in [-0.3, -0.25) is 0 Å². The maximum atomic E-state index is 6.21. The molecule has 0 saturated heterocycles. The quantitative estimate of drug-likeness (QED) is 0.937. The molecule has 3 nitrogen and oxygen atoms in total. The molecular weight excluding hydrogens is 274 g/mol. The first-order valence-corrected chi connectivity index (χ1v) is 7.20. The fraction of sp³-hybridized carbons (Fsp3) is 0.273. The van der Waals surface area contributed by atoms with Gasteiger partial charge in [-0.05, 0) is 31.0 Å². The molecule has 2 rings (SSSR count). The summed E-state index contributed by atoms with van der Waals surface area (Å²) >= 11 is 9.29. The molecule has 0 saturated carbocycles. The van der Waals surface area contributed by atoms with E-state index in [-0.39, 0.29) is 6.04 Å². The van der Waals surface area contributed by atoms with Crippen LogP contribution in [0.5, 0.6) is 0 Å². The highest BCUT2D eigenvalue weighted by Crippen LogP contribution is 2.31. The second-order valence-electron chi connectivity index (χ2n) is 3.74. The average Bonchev–Trinajstić information content (AvgIpc) is 2.74. The molecule has 0 aliphatic rings. The average molecular weight is 286 g/mol. The smallest absolute Gasteiger partial charge is 0.178 e. The lowest BCUT2D eigenvalue weighted by atomic mass is 10.1. The third kappa shape index (κ3) is 3.67. The van der Waals surface area contributed by atoms with E-state index in [1.807, 2.05) is 25.1 Å². The molecule has 1 aromatic carbocycles. The van der Waals surface area contributed by atoms with Crippen LogP contribution in [0.4, 0.5) is 0 Å². The van der Waals surface area contributed by atoms with Gasteiger partial charge in [-0.15, -0.1) is 10.2 Å². The van der Waals surface area contributed by atoms with Crippen LogP contribution in [-0.4, -0.2) is 16.2 Å². The predicted molar refractivity (Wildman–Crippen MR) is 72.8 cm³/mol. The normalized spacial score (nSPS) is 12.6. The molecule has 90 valence electrons. The third-order valence-electron chi connectivity index (χ3n) is 2.11. The summed E-state index contributed by atoms with van der Waals surface area (Å²) in [7, 11) is 0. The molecule has 0 fully saturated rings. The third-order valence-corrected chi connectivity index (χ3v) is 4.23. The summed E-state index contributed by atoms with van der Waals surface area (Å²) < 4.78 is 0.918. The second kappa shape index (κ2) is 5.82. The van der Waals surface area contributed by atoms with Crippen LogP contribution in [0.15, 0.2) is 32.9 Å². The van der Waals surface area contributed by atoms with Crippen LogP contribution in [-0.2, 0) is 6.42 Å². The number of hydrogen-bond donors (Lipinski definition) is 1. The van der Waals surface area contributed by atoms with Gasteiger partial charge in [-0.2, -0.15) is 0 Å². The molecule has 1 unspecified atom stereocenters. The molecular formula is C11H12ClN3S2. The second-order valence-corrected chi connectivity index (χ2v) is 6.30. The van der Waals surface area contributed by atoms with Crippen molar-refractivity contribution < 1.29 is 0 Å². The van der Waals surface area contributed by atoms with Crippen LogP contribution in [0.1, 0.15) is 12.5 Å².